The molecule has 0 saturated carbocycles. The molecule has 0 bridgehead atoms. The molecular weight excluding hydrogens is 260 g/mol. The van der Waals surface area contributed by atoms with Crippen LogP contribution in [0.4, 0.5) is 0 Å². The van der Waals surface area contributed by atoms with Crippen LogP contribution in [-0.2, 0) is 12.8 Å². The van der Waals surface area contributed by atoms with Crippen LogP contribution in [0.3, 0.4) is 0 Å². The first-order valence-electron chi connectivity index (χ1n) is 8.47. The van der Waals surface area contributed by atoms with Crippen molar-refractivity contribution in [2.24, 2.45) is 0 Å². The molecule has 21 heavy (non-hydrogen) atoms. The molecule has 1 aliphatic carbocycles. The van der Waals surface area contributed by atoms with E-state index in [9.17, 15) is 0 Å². The molecule has 1 heterocycles. The summed E-state index contributed by atoms with van der Waals surface area (Å²) in [6.45, 7) is 6.58. The first kappa shape index (κ1) is 14.9. The highest BCUT2D eigenvalue weighted by Gasteiger charge is 2.15. The molecule has 1 aromatic carbocycles. The third-order valence-corrected chi connectivity index (χ3v) is 4.86. The molecule has 0 amide bonds. The molecule has 1 aromatic rings. The summed E-state index contributed by atoms with van der Waals surface area (Å²) in [5.74, 6) is 1.14. The van der Waals surface area contributed by atoms with Gasteiger partial charge < -0.3 is 9.64 Å². The quantitative estimate of drug-likeness (QED) is 0.792. The van der Waals surface area contributed by atoms with E-state index in [0.29, 0.717) is 0 Å². The fourth-order valence-electron chi connectivity index (χ4n) is 3.41. The SMILES string of the molecule is CN1CCN(CCOc2cccc3c2CCCCC3)CC1. The Kier molecular flexibility index (Phi) is 5.15. The second-order valence-electron chi connectivity index (χ2n) is 6.45. The summed E-state index contributed by atoms with van der Waals surface area (Å²) in [5.41, 5.74) is 3.00. The van der Waals surface area contributed by atoms with Crippen LogP contribution >= 0.6 is 0 Å². The van der Waals surface area contributed by atoms with Crippen LogP contribution < -0.4 is 4.74 Å². The number of aryl methyl sites for hydroxylation is 1. The average molecular weight is 288 g/mol. The fraction of sp³-hybridized carbons (Fsp3) is 0.667. The van der Waals surface area contributed by atoms with Crippen molar-refractivity contribution in [3.63, 3.8) is 0 Å². The summed E-state index contributed by atoms with van der Waals surface area (Å²) in [6.07, 6.45) is 6.42. The largest absolute Gasteiger partial charge is 0.492 e. The maximum absolute atomic E-state index is 6.13. The van der Waals surface area contributed by atoms with E-state index in [1.54, 1.807) is 0 Å². The topological polar surface area (TPSA) is 15.7 Å². The number of likely N-dealkylation sites (N-methyl/N-ethyl adjacent to an activating group) is 1. The van der Waals surface area contributed by atoms with Crippen molar-refractivity contribution in [2.45, 2.75) is 32.1 Å². The standard InChI is InChI=1S/C18H28N2O/c1-19-10-12-20(13-11-19)14-15-21-18-9-5-7-16-6-3-2-4-8-17(16)18/h5,7,9H,2-4,6,8,10-15H2,1H3. The molecule has 0 radical (unpaired) electrons. The molecule has 3 heteroatoms. The lowest BCUT2D eigenvalue weighted by molar-refractivity contribution is 0.133. The third kappa shape index (κ3) is 3.98. The molecule has 1 saturated heterocycles. The lowest BCUT2D eigenvalue weighted by Gasteiger charge is -2.32. The van der Waals surface area contributed by atoms with Crippen molar-refractivity contribution in [1.29, 1.82) is 0 Å². The number of fused-ring (bicyclic) bond motifs is 1. The summed E-state index contributed by atoms with van der Waals surface area (Å²) in [5, 5.41) is 0. The molecule has 116 valence electrons. The Morgan fingerprint density at radius 3 is 2.67 bits per heavy atom. The molecule has 0 aromatic heterocycles. The van der Waals surface area contributed by atoms with Gasteiger partial charge in [-0.05, 0) is 49.9 Å². The maximum Gasteiger partial charge on any atom is 0.122 e. The van der Waals surface area contributed by atoms with Crippen molar-refractivity contribution >= 4 is 0 Å². The zero-order chi connectivity index (χ0) is 14.5. The summed E-state index contributed by atoms with van der Waals surface area (Å²) in [6, 6.07) is 6.61. The van der Waals surface area contributed by atoms with Gasteiger partial charge in [0.1, 0.15) is 12.4 Å². The number of rotatable bonds is 4. The van der Waals surface area contributed by atoms with E-state index in [-0.39, 0.29) is 0 Å². The van der Waals surface area contributed by atoms with Crippen molar-refractivity contribution in [3.8, 4) is 5.75 Å². The zero-order valence-electron chi connectivity index (χ0n) is 13.3. The van der Waals surface area contributed by atoms with E-state index >= 15 is 0 Å². The molecular formula is C18H28N2O. The predicted molar refractivity (Wildman–Crippen MR) is 87.1 cm³/mol. The van der Waals surface area contributed by atoms with Crippen LogP contribution in [0.15, 0.2) is 18.2 Å². The number of ether oxygens (including phenoxy) is 1. The maximum atomic E-state index is 6.13. The van der Waals surface area contributed by atoms with Crippen LogP contribution in [0.25, 0.3) is 0 Å². The molecule has 2 aliphatic rings. The minimum absolute atomic E-state index is 0.820. The highest BCUT2D eigenvalue weighted by atomic mass is 16.5. The number of benzene rings is 1. The summed E-state index contributed by atoms with van der Waals surface area (Å²) < 4.78 is 6.13. The van der Waals surface area contributed by atoms with Crippen LogP contribution in [0, 0.1) is 0 Å². The zero-order valence-corrected chi connectivity index (χ0v) is 13.3. The Morgan fingerprint density at radius 2 is 1.81 bits per heavy atom. The molecule has 0 N–H and O–H groups in total. The van der Waals surface area contributed by atoms with Gasteiger partial charge in [0, 0.05) is 32.7 Å². The summed E-state index contributed by atoms with van der Waals surface area (Å²) >= 11 is 0. The Balaban J connectivity index is 1.53. The van der Waals surface area contributed by atoms with E-state index < -0.39 is 0 Å². The first-order chi connectivity index (χ1) is 10.3. The molecule has 0 spiro atoms. The lowest BCUT2D eigenvalue weighted by atomic mass is 10.0. The van der Waals surface area contributed by atoms with Crippen LogP contribution in [0.2, 0.25) is 0 Å². The lowest BCUT2D eigenvalue weighted by Crippen LogP contribution is -2.45. The minimum atomic E-state index is 0.820. The number of hydrogen-bond acceptors (Lipinski definition) is 3. The van der Waals surface area contributed by atoms with Crippen LogP contribution in [0.5, 0.6) is 5.75 Å². The van der Waals surface area contributed by atoms with Crippen LogP contribution in [0.1, 0.15) is 30.4 Å². The number of piperazine rings is 1. The van der Waals surface area contributed by atoms with Crippen molar-refractivity contribution in [2.75, 3.05) is 46.4 Å². The number of nitrogens with zero attached hydrogens (tertiary/aromatic N) is 2. The van der Waals surface area contributed by atoms with Crippen molar-refractivity contribution in [1.82, 2.24) is 9.80 Å². The van der Waals surface area contributed by atoms with Gasteiger partial charge >= 0.3 is 0 Å². The minimum Gasteiger partial charge on any atom is -0.492 e. The molecule has 0 atom stereocenters. The van der Waals surface area contributed by atoms with Gasteiger partial charge in [0.05, 0.1) is 0 Å². The molecule has 0 unspecified atom stereocenters. The van der Waals surface area contributed by atoms with Gasteiger partial charge in [-0.3, -0.25) is 4.90 Å². The van der Waals surface area contributed by atoms with E-state index in [1.807, 2.05) is 0 Å². The van der Waals surface area contributed by atoms with Crippen LogP contribution in [-0.4, -0.2) is 56.2 Å². The Labute approximate surface area is 128 Å². The average Bonchev–Trinajstić information content (AvgIpc) is 2.75. The fourth-order valence-corrected chi connectivity index (χ4v) is 3.41. The Bertz CT molecular complexity index is 453. The van der Waals surface area contributed by atoms with Crippen molar-refractivity contribution in [3.05, 3.63) is 29.3 Å². The van der Waals surface area contributed by atoms with Gasteiger partial charge in [-0.2, -0.15) is 0 Å². The predicted octanol–water partition coefficient (Wildman–Crippen LogP) is 2.58. The molecule has 1 fully saturated rings. The van der Waals surface area contributed by atoms with Gasteiger partial charge in [-0.25, -0.2) is 0 Å². The van der Waals surface area contributed by atoms with Crippen molar-refractivity contribution < 1.29 is 4.74 Å². The second-order valence-corrected chi connectivity index (χ2v) is 6.45. The van der Waals surface area contributed by atoms with E-state index in [0.717, 1.165) is 18.9 Å². The molecule has 3 rings (SSSR count). The first-order valence-corrected chi connectivity index (χ1v) is 8.47. The van der Waals surface area contributed by atoms with Gasteiger partial charge in [0.25, 0.3) is 0 Å². The Morgan fingerprint density at radius 1 is 1.00 bits per heavy atom. The Hall–Kier alpha value is -1.06. The van der Waals surface area contributed by atoms with E-state index in [2.05, 4.69) is 35.0 Å². The van der Waals surface area contributed by atoms with Gasteiger partial charge in [-0.15, -0.1) is 0 Å². The van der Waals surface area contributed by atoms with Gasteiger partial charge in [0.2, 0.25) is 0 Å². The van der Waals surface area contributed by atoms with E-state index in [4.69, 9.17) is 4.74 Å². The summed E-state index contributed by atoms with van der Waals surface area (Å²) in [7, 11) is 2.20. The molecule has 1 aliphatic heterocycles. The number of hydrogen-bond donors (Lipinski definition) is 0. The smallest absolute Gasteiger partial charge is 0.122 e. The van der Waals surface area contributed by atoms with Gasteiger partial charge in [-0.1, -0.05) is 18.6 Å². The summed E-state index contributed by atoms with van der Waals surface area (Å²) in [4.78, 5) is 4.91. The second kappa shape index (κ2) is 7.28. The molecule has 3 nitrogen and oxygen atoms in total. The highest BCUT2D eigenvalue weighted by molar-refractivity contribution is 5.41. The van der Waals surface area contributed by atoms with Gasteiger partial charge in [0.15, 0.2) is 0 Å². The van der Waals surface area contributed by atoms with E-state index in [1.165, 1.54) is 69.4 Å². The highest BCUT2D eigenvalue weighted by Crippen LogP contribution is 2.28. The monoisotopic (exact) mass is 288 g/mol. The third-order valence-electron chi connectivity index (χ3n) is 4.86. The normalized spacial score (nSPS) is 20.8.